The lowest BCUT2D eigenvalue weighted by Crippen LogP contribution is -2.28. The minimum Gasteiger partial charge on any atom is -0.497 e. The number of hydrogen-bond donors (Lipinski definition) is 0. The van der Waals surface area contributed by atoms with Gasteiger partial charge in [-0.2, -0.15) is 4.57 Å². The summed E-state index contributed by atoms with van der Waals surface area (Å²) in [4.78, 5) is 0. The number of aromatic nitrogens is 1. The predicted molar refractivity (Wildman–Crippen MR) is 125 cm³/mol. The zero-order valence-corrected chi connectivity index (χ0v) is 18.4. The highest BCUT2D eigenvalue weighted by atomic mass is 32.1. The van der Waals surface area contributed by atoms with E-state index in [0.717, 1.165) is 39.7 Å². The summed E-state index contributed by atoms with van der Waals surface area (Å²) in [5.74, 6) is 3.06. The molecule has 0 saturated heterocycles. The van der Waals surface area contributed by atoms with Gasteiger partial charge in [-0.3, -0.25) is 0 Å². The maximum atomic E-state index is 6.19. The molecule has 3 aromatic carbocycles. The summed E-state index contributed by atoms with van der Waals surface area (Å²) in [5.41, 5.74) is 4.40. The highest BCUT2D eigenvalue weighted by molar-refractivity contribution is 7.18. The van der Waals surface area contributed by atoms with Crippen molar-refractivity contribution >= 4 is 33.2 Å². The molecule has 5 rings (SSSR count). The van der Waals surface area contributed by atoms with Gasteiger partial charge in [-0.05, 0) is 35.9 Å². The molecule has 0 unspecified atom stereocenters. The number of aryl methyl sites for hydroxylation is 1. The zero-order valence-electron chi connectivity index (χ0n) is 17.6. The van der Waals surface area contributed by atoms with Crippen molar-refractivity contribution in [3.8, 4) is 23.0 Å². The molecule has 0 saturated carbocycles. The molecule has 31 heavy (non-hydrogen) atoms. The van der Waals surface area contributed by atoms with E-state index in [4.69, 9.17) is 14.2 Å². The Morgan fingerprint density at radius 3 is 2.13 bits per heavy atom. The molecule has 5 heteroatoms. The van der Waals surface area contributed by atoms with Crippen LogP contribution in [-0.4, -0.2) is 14.2 Å². The molecule has 0 atom stereocenters. The van der Waals surface area contributed by atoms with E-state index >= 15 is 0 Å². The minimum absolute atomic E-state index is 0.761. The van der Waals surface area contributed by atoms with Gasteiger partial charge in [0.25, 0.3) is 5.01 Å². The van der Waals surface area contributed by atoms with Gasteiger partial charge in [0.05, 0.1) is 14.2 Å². The highest BCUT2D eigenvalue weighted by Gasteiger charge is 2.23. The van der Waals surface area contributed by atoms with Crippen LogP contribution >= 0.6 is 11.3 Å². The lowest BCUT2D eigenvalue weighted by molar-refractivity contribution is -0.642. The molecule has 4 nitrogen and oxygen atoms in total. The molecule has 154 valence electrons. The van der Waals surface area contributed by atoms with Crippen molar-refractivity contribution in [1.29, 1.82) is 0 Å². The average molecular weight is 429 g/mol. The van der Waals surface area contributed by atoms with Crippen LogP contribution in [0.25, 0.3) is 21.9 Å². The number of nitrogens with zero attached hydrogens (tertiary/aromatic N) is 1. The summed E-state index contributed by atoms with van der Waals surface area (Å²) in [6.45, 7) is 0. The molecule has 1 aliphatic heterocycles. The third-order valence-corrected chi connectivity index (χ3v) is 6.64. The first-order valence-electron chi connectivity index (χ1n) is 9.98. The van der Waals surface area contributed by atoms with Gasteiger partial charge in [0.2, 0.25) is 5.52 Å². The lowest BCUT2D eigenvalue weighted by Gasteiger charge is -2.23. The van der Waals surface area contributed by atoms with Crippen molar-refractivity contribution in [3.05, 3.63) is 89.0 Å². The van der Waals surface area contributed by atoms with Crippen LogP contribution in [0.3, 0.4) is 0 Å². The van der Waals surface area contributed by atoms with Crippen molar-refractivity contribution in [1.82, 2.24) is 0 Å². The van der Waals surface area contributed by atoms with E-state index in [1.807, 2.05) is 36.4 Å². The number of allylic oxidation sites excluding steroid dienone is 2. The largest absolute Gasteiger partial charge is 0.497 e. The Bertz CT molecular complexity index is 1290. The maximum absolute atomic E-state index is 6.19. The molecular formula is C26H22NO3S+. The number of thiazole rings is 1. The van der Waals surface area contributed by atoms with E-state index in [1.165, 1.54) is 15.2 Å². The van der Waals surface area contributed by atoms with Gasteiger partial charge in [0.1, 0.15) is 34.7 Å². The van der Waals surface area contributed by atoms with Gasteiger partial charge < -0.3 is 14.2 Å². The van der Waals surface area contributed by atoms with Crippen LogP contribution in [0.4, 0.5) is 0 Å². The van der Waals surface area contributed by atoms with Crippen molar-refractivity contribution in [2.45, 2.75) is 0 Å². The number of benzene rings is 3. The second kappa shape index (κ2) is 7.93. The summed E-state index contributed by atoms with van der Waals surface area (Å²) >= 11 is 1.78. The molecule has 1 aromatic heterocycles. The summed E-state index contributed by atoms with van der Waals surface area (Å²) in [6, 6.07) is 20.3. The smallest absolute Gasteiger partial charge is 0.262 e. The van der Waals surface area contributed by atoms with E-state index < -0.39 is 0 Å². The number of para-hydroxylation sites is 1. The van der Waals surface area contributed by atoms with Gasteiger partial charge in [-0.25, -0.2) is 0 Å². The highest BCUT2D eigenvalue weighted by Crippen LogP contribution is 2.46. The van der Waals surface area contributed by atoms with Gasteiger partial charge in [0.15, 0.2) is 0 Å². The molecule has 1 aliphatic rings. The fraction of sp³-hybridized carbons (Fsp3) is 0.115. The third-order valence-electron chi connectivity index (χ3n) is 5.45. The van der Waals surface area contributed by atoms with E-state index in [9.17, 15) is 0 Å². The number of ether oxygens (including phenoxy) is 3. The SMILES string of the molecule is COc1ccc2c(c1)Oc1cc(OC)ccc1C2=C/C=C/c1sc2ccccc2[n+]1C. The monoisotopic (exact) mass is 428 g/mol. The molecule has 0 bridgehead atoms. The number of rotatable bonds is 4. The van der Waals surface area contributed by atoms with Crippen LogP contribution in [0.15, 0.2) is 72.8 Å². The lowest BCUT2D eigenvalue weighted by atomic mass is 9.93. The van der Waals surface area contributed by atoms with Crippen molar-refractivity contribution in [2.24, 2.45) is 7.05 Å². The molecule has 0 spiro atoms. The van der Waals surface area contributed by atoms with Gasteiger partial charge >= 0.3 is 0 Å². The Hall–Kier alpha value is -3.57. The molecule has 2 heterocycles. The van der Waals surface area contributed by atoms with E-state index in [-0.39, 0.29) is 0 Å². The van der Waals surface area contributed by atoms with Crippen LogP contribution < -0.4 is 18.8 Å². The van der Waals surface area contributed by atoms with Gasteiger partial charge in [-0.1, -0.05) is 35.6 Å². The Morgan fingerprint density at radius 1 is 0.871 bits per heavy atom. The van der Waals surface area contributed by atoms with Crippen LogP contribution in [0, 0.1) is 0 Å². The number of methoxy groups -OCH3 is 2. The fourth-order valence-corrected chi connectivity index (χ4v) is 4.87. The first-order chi connectivity index (χ1) is 15.2. The molecule has 0 fully saturated rings. The Labute approximate surface area is 185 Å². The first-order valence-corrected chi connectivity index (χ1v) is 10.8. The number of hydrogen-bond acceptors (Lipinski definition) is 4. The van der Waals surface area contributed by atoms with E-state index in [2.05, 4.69) is 54.1 Å². The predicted octanol–water partition coefficient (Wildman–Crippen LogP) is 5.99. The average Bonchev–Trinajstić information content (AvgIpc) is 3.13. The molecule has 4 aromatic rings. The number of fused-ring (bicyclic) bond motifs is 3. The van der Waals surface area contributed by atoms with Crippen molar-refractivity contribution in [2.75, 3.05) is 14.2 Å². The zero-order chi connectivity index (χ0) is 21.4. The normalized spacial score (nSPS) is 12.4. The topological polar surface area (TPSA) is 31.6 Å². The minimum atomic E-state index is 0.761. The fourth-order valence-electron chi connectivity index (χ4n) is 3.81. The van der Waals surface area contributed by atoms with Crippen LogP contribution in [0.1, 0.15) is 16.1 Å². The molecule has 0 amide bonds. The molecule has 0 N–H and O–H groups in total. The standard InChI is InChI=1S/C26H22NO3S/c1-27-22-8-4-5-9-25(22)31-26(27)10-6-7-19-20-13-11-17(28-2)15-23(20)30-24-16-18(29-3)12-14-21(19)24/h4-16H,1-3H3/q+1/b10-6+. The van der Waals surface area contributed by atoms with Gasteiger partial charge in [-0.15, -0.1) is 0 Å². The summed E-state index contributed by atoms with van der Waals surface area (Å²) in [7, 11) is 5.42. The Balaban J connectivity index is 1.59. The quantitative estimate of drug-likeness (QED) is 0.329. The first kappa shape index (κ1) is 19.4. The van der Waals surface area contributed by atoms with Crippen LogP contribution in [-0.2, 0) is 7.05 Å². The van der Waals surface area contributed by atoms with Crippen molar-refractivity contribution in [3.63, 3.8) is 0 Å². The van der Waals surface area contributed by atoms with E-state index in [1.54, 1.807) is 25.6 Å². The Morgan fingerprint density at radius 2 is 1.52 bits per heavy atom. The van der Waals surface area contributed by atoms with Crippen LogP contribution in [0.2, 0.25) is 0 Å². The van der Waals surface area contributed by atoms with Crippen LogP contribution in [0.5, 0.6) is 23.0 Å². The van der Waals surface area contributed by atoms with Crippen molar-refractivity contribution < 1.29 is 18.8 Å². The summed E-state index contributed by atoms with van der Waals surface area (Å²) < 4.78 is 20.5. The van der Waals surface area contributed by atoms with E-state index in [0.29, 0.717) is 0 Å². The van der Waals surface area contributed by atoms with Gasteiger partial charge in [0, 0.05) is 35.4 Å². The maximum Gasteiger partial charge on any atom is 0.262 e. The second-order valence-corrected chi connectivity index (χ2v) is 8.29. The third kappa shape index (κ3) is 3.47. The Kier molecular flexibility index (Phi) is 4.96. The molecule has 0 aliphatic carbocycles. The second-order valence-electron chi connectivity index (χ2n) is 7.23. The molecule has 0 radical (unpaired) electrons. The summed E-state index contributed by atoms with van der Waals surface area (Å²) in [6.07, 6.45) is 6.40. The molecular weight excluding hydrogens is 406 g/mol. The summed E-state index contributed by atoms with van der Waals surface area (Å²) in [5, 5.41) is 1.19.